The van der Waals surface area contributed by atoms with E-state index in [0.717, 1.165) is 61.2 Å². The third-order valence-corrected chi connectivity index (χ3v) is 12.0. The van der Waals surface area contributed by atoms with Crippen molar-refractivity contribution in [3.63, 3.8) is 0 Å². The Morgan fingerprint density at radius 3 is 1.90 bits per heavy atom. The Balaban J connectivity index is 0.000000530. The molecule has 0 atom stereocenters. The molecule has 10 aromatic rings. The maximum absolute atomic E-state index is 7.01. The Labute approximate surface area is 339 Å². The molecule has 280 valence electrons. The Morgan fingerprint density at radius 2 is 1.12 bits per heavy atom. The van der Waals surface area contributed by atoms with E-state index >= 15 is 0 Å². The zero-order valence-corrected chi connectivity index (χ0v) is 33.5. The van der Waals surface area contributed by atoms with Gasteiger partial charge in [0.1, 0.15) is 11.4 Å². The van der Waals surface area contributed by atoms with Gasteiger partial charge in [0.15, 0.2) is 5.58 Å². The van der Waals surface area contributed by atoms with Gasteiger partial charge in [0.2, 0.25) is 0 Å². The molecule has 0 radical (unpaired) electrons. The van der Waals surface area contributed by atoms with E-state index in [-0.39, 0.29) is 5.41 Å². The third-order valence-electron chi connectivity index (χ3n) is 12.0. The molecule has 8 aromatic carbocycles. The summed E-state index contributed by atoms with van der Waals surface area (Å²) in [6.45, 7) is 11.3. The van der Waals surface area contributed by atoms with Crippen molar-refractivity contribution < 1.29 is 4.42 Å². The van der Waals surface area contributed by atoms with Gasteiger partial charge in [0, 0.05) is 27.3 Å². The van der Waals surface area contributed by atoms with Crippen LogP contribution < -0.4 is 0 Å². The van der Waals surface area contributed by atoms with Gasteiger partial charge >= 0.3 is 0 Å². The SMILES string of the molecule is Cc1ccc(-c2cccc3c2oc2c(-n4c(-c5ccccc5)nc5ccccc54)cccc23)cc1-c1cc2c(cc1C)C(C)(C)c1ccccc1-2.Cc1ccccc1. The first-order chi connectivity index (χ1) is 28.3. The van der Waals surface area contributed by atoms with Gasteiger partial charge in [-0.2, -0.15) is 0 Å². The highest BCUT2D eigenvalue weighted by molar-refractivity contribution is 6.12. The summed E-state index contributed by atoms with van der Waals surface area (Å²) >= 11 is 0. The molecule has 11 rings (SSSR count). The van der Waals surface area contributed by atoms with E-state index in [2.05, 4.69) is 185 Å². The lowest BCUT2D eigenvalue weighted by molar-refractivity contribution is 0.660. The van der Waals surface area contributed by atoms with Crippen molar-refractivity contribution in [2.75, 3.05) is 0 Å². The van der Waals surface area contributed by atoms with Crippen LogP contribution in [-0.4, -0.2) is 9.55 Å². The predicted octanol–water partition coefficient (Wildman–Crippen LogP) is 14.8. The molecule has 58 heavy (non-hydrogen) atoms. The number of aryl methyl sites for hydroxylation is 3. The van der Waals surface area contributed by atoms with Gasteiger partial charge in [0.25, 0.3) is 0 Å². The zero-order chi connectivity index (χ0) is 39.5. The fourth-order valence-corrected chi connectivity index (χ4v) is 9.02. The minimum absolute atomic E-state index is 0.0211. The molecule has 0 fully saturated rings. The van der Waals surface area contributed by atoms with Crippen molar-refractivity contribution in [3.8, 4) is 50.5 Å². The molecule has 0 saturated carbocycles. The van der Waals surface area contributed by atoms with Crippen molar-refractivity contribution in [3.05, 3.63) is 204 Å². The van der Waals surface area contributed by atoms with Crippen LogP contribution in [0, 0.1) is 20.8 Å². The Morgan fingerprint density at radius 1 is 0.466 bits per heavy atom. The van der Waals surface area contributed by atoms with Crippen molar-refractivity contribution in [2.45, 2.75) is 40.0 Å². The second-order valence-electron chi connectivity index (χ2n) is 16.1. The van der Waals surface area contributed by atoms with Crippen LogP contribution in [0.3, 0.4) is 0 Å². The predicted molar refractivity (Wildman–Crippen MR) is 243 cm³/mol. The van der Waals surface area contributed by atoms with Crippen molar-refractivity contribution >= 4 is 33.0 Å². The maximum Gasteiger partial charge on any atom is 0.159 e. The normalized spacial score (nSPS) is 12.7. The van der Waals surface area contributed by atoms with Crippen LogP contribution in [0.25, 0.3) is 83.4 Å². The van der Waals surface area contributed by atoms with Crippen LogP contribution >= 0.6 is 0 Å². The van der Waals surface area contributed by atoms with Gasteiger partial charge in [-0.05, 0) is 101 Å². The third kappa shape index (κ3) is 5.77. The smallest absolute Gasteiger partial charge is 0.159 e. The molecule has 0 N–H and O–H groups in total. The number of hydrogen-bond donors (Lipinski definition) is 0. The summed E-state index contributed by atoms with van der Waals surface area (Å²) in [5.41, 5.74) is 19.9. The van der Waals surface area contributed by atoms with Crippen LogP contribution in [0.2, 0.25) is 0 Å². The van der Waals surface area contributed by atoms with E-state index in [1.807, 2.05) is 30.3 Å². The molecule has 0 amide bonds. The summed E-state index contributed by atoms with van der Waals surface area (Å²) in [7, 11) is 0. The largest absolute Gasteiger partial charge is 0.453 e. The highest BCUT2D eigenvalue weighted by Crippen LogP contribution is 2.51. The zero-order valence-electron chi connectivity index (χ0n) is 33.5. The van der Waals surface area contributed by atoms with E-state index in [0.29, 0.717) is 0 Å². The molecule has 0 saturated heterocycles. The maximum atomic E-state index is 7.01. The number of para-hydroxylation sites is 4. The van der Waals surface area contributed by atoms with Gasteiger partial charge in [0.05, 0.1) is 16.7 Å². The van der Waals surface area contributed by atoms with E-state index < -0.39 is 0 Å². The number of nitrogens with zero attached hydrogens (tertiary/aromatic N) is 2. The molecule has 0 unspecified atom stereocenters. The summed E-state index contributed by atoms with van der Waals surface area (Å²) in [5, 5.41) is 2.19. The first kappa shape index (κ1) is 35.4. The van der Waals surface area contributed by atoms with Crippen LogP contribution in [0.1, 0.15) is 41.7 Å². The number of furan rings is 1. The molecule has 1 aliphatic rings. The monoisotopic (exact) mass is 748 g/mol. The first-order valence-electron chi connectivity index (χ1n) is 20.1. The molecular weight excluding hydrogens is 705 g/mol. The van der Waals surface area contributed by atoms with E-state index in [4.69, 9.17) is 9.40 Å². The van der Waals surface area contributed by atoms with Crippen LogP contribution in [0.15, 0.2) is 180 Å². The highest BCUT2D eigenvalue weighted by atomic mass is 16.3. The van der Waals surface area contributed by atoms with Crippen molar-refractivity contribution in [1.29, 1.82) is 0 Å². The first-order valence-corrected chi connectivity index (χ1v) is 20.1. The lowest BCUT2D eigenvalue weighted by atomic mass is 9.81. The number of aromatic nitrogens is 2. The van der Waals surface area contributed by atoms with Crippen LogP contribution in [-0.2, 0) is 5.41 Å². The minimum atomic E-state index is -0.0211. The van der Waals surface area contributed by atoms with E-state index in [9.17, 15) is 0 Å². The number of imidazole rings is 1. The van der Waals surface area contributed by atoms with E-state index in [1.54, 1.807) is 0 Å². The Hall–Kier alpha value is -6.97. The molecule has 1 aliphatic carbocycles. The Kier molecular flexibility index (Phi) is 8.49. The highest BCUT2D eigenvalue weighted by Gasteiger charge is 2.35. The topological polar surface area (TPSA) is 31.0 Å². The van der Waals surface area contributed by atoms with Gasteiger partial charge in [-0.3, -0.25) is 4.57 Å². The second kappa shape index (κ2) is 13.9. The van der Waals surface area contributed by atoms with Crippen molar-refractivity contribution in [2.24, 2.45) is 0 Å². The number of fused-ring (bicyclic) bond motifs is 7. The summed E-state index contributed by atoms with van der Waals surface area (Å²) < 4.78 is 9.25. The van der Waals surface area contributed by atoms with Gasteiger partial charge in [-0.1, -0.05) is 165 Å². The van der Waals surface area contributed by atoms with Gasteiger partial charge in [-0.25, -0.2) is 4.98 Å². The summed E-state index contributed by atoms with van der Waals surface area (Å²) in [6.07, 6.45) is 0. The lowest BCUT2D eigenvalue weighted by Crippen LogP contribution is -2.15. The summed E-state index contributed by atoms with van der Waals surface area (Å²) in [4.78, 5) is 5.10. The van der Waals surface area contributed by atoms with Gasteiger partial charge < -0.3 is 4.42 Å². The fourth-order valence-electron chi connectivity index (χ4n) is 9.02. The molecular formula is C55H44N2O. The minimum Gasteiger partial charge on any atom is -0.453 e. The average molecular weight is 749 g/mol. The number of rotatable bonds is 4. The quantitative estimate of drug-likeness (QED) is 0.179. The second-order valence-corrected chi connectivity index (χ2v) is 16.1. The summed E-state index contributed by atoms with van der Waals surface area (Å²) in [6, 6.07) is 62.5. The molecule has 0 spiro atoms. The molecule has 3 heteroatoms. The lowest BCUT2D eigenvalue weighted by Gasteiger charge is -2.22. The standard InChI is InChI=1S/C48H36N2O.C7H8/c1-29-24-25-32(27-37(29)38-28-39-34-16-8-9-20-40(34)48(3,4)41(39)26-30(38)2)33-17-12-18-35-36-19-13-23-44(46(36)51-45(33)35)50-43-22-11-10-21-42(43)49-47(50)31-14-6-5-7-15-31;1-7-5-3-2-4-6-7/h5-28H,1-4H3;2-6H,1H3. The number of benzene rings is 8. The Bertz CT molecular complexity index is 3160. The average Bonchev–Trinajstić information content (AvgIpc) is 3.90. The molecule has 2 aromatic heterocycles. The van der Waals surface area contributed by atoms with E-state index in [1.165, 1.54) is 50.1 Å². The summed E-state index contributed by atoms with van der Waals surface area (Å²) in [5.74, 6) is 0.892. The molecule has 3 nitrogen and oxygen atoms in total. The van der Waals surface area contributed by atoms with Crippen molar-refractivity contribution in [1.82, 2.24) is 9.55 Å². The fraction of sp³-hybridized carbons (Fsp3) is 0.109. The van der Waals surface area contributed by atoms with Crippen LogP contribution in [0.5, 0.6) is 0 Å². The molecule has 2 heterocycles. The number of hydrogen-bond acceptors (Lipinski definition) is 2. The molecule has 0 bridgehead atoms. The molecule has 0 aliphatic heterocycles. The van der Waals surface area contributed by atoms with Crippen LogP contribution in [0.4, 0.5) is 0 Å². The van der Waals surface area contributed by atoms with Gasteiger partial charge in [-0.15, -0.1) is 0 Å².